The number of hydrogen-bond donors (Lipinski definition) is 1. The summed E-state index contributed by atoms with van der Waals surface area (Å²) < 4.78 is 13.7. The lowest BCUT2D eigenvalue weighted by molar-refractivity contribution is 0.588. The third-order valence-electron chi connectivity index (χ3n) is 3.38. The Labute approximate surface area is 114 Å². The van der Waals surface area contributed by atoms with Gasteiger partial charge in [-0.1, -0.05) is 63.2 Å². The van der Waals surface area contributed by atoms with E-state index in [1.54, 1.807) is 12.1 Å². The van der Waals surface area contributed by atoms with E-state index in [0.29, 0.717) is 5.56 Å². The average molecular weight is 257 g/mol. The molecule has 0 aliphatic carbocycles. The fourth-order valence-corrected chi connectivity index (χ4v) is 2.10. The van der Waals surface area contributed by atoms with Gasteiger partial charge in [-0.3, -0.25) is 0 Å². The summed E-state index contributed by atoms with van der Waals surface area (Å²) in [5.74, 6) is -0.255. The van der Waals surface area contributed by atoms with Gasteiger partial charge in [-0.25, -0.2) is 4.39 Å². The molecular formula is C17H20FN. The summed E-state index contributed by atoms with van der Waals surface area (Å²) >= 11 is 0. The van der Waals surface area contributed by atoms with Crippen LogP contribution in [0.4, 0.5) is 4.39 Å². The van der Waals surface area contributed by atoms with Crippen LogP contribution in [0, 0.1) is 5.82 Å². The van der Waals surface area contributed by atoms with Crippen molar-refractivity contribution in [3.05, 3.63) is 71.0 Å². The highest BCUT2D eigenvalue weighted by Gasteiger charge is 2.16. The van der Waals surface area contributed by atoms with Crippen LogP contribution in [0.3, 0.4) is 0 Å². The Morgan fingerprint density at radius 3 is 2.05 bits per heavy atom. The Hall–Kier alpha value is -1.67. The van der Waals surface area contributed by atoms with Crippen molar-refractivity contribution >= 4 is 0 Å². The van der Waals surface area contributed by atoms with E-state index in [-0.39, 0.29) is 11.2 Å². The van der Waals surface area contributed by atoms with Crippen LogP contribution in [0.15, 0.2) is 48.5 Å². The van der Waals surface area contributed by atoms with E-state index >= 15 is 0 Å². The van der Waals surface area contributed by atoms with Gasteiger partial charge in [0.05, 0.1) is 6.04 Å². The van der Waals surface area contributed by atoms with Gasteiger partial charge in [-0.2, -0.15) is 0 Å². The van der Waals surface area contributed by atoms with E-state index in [1.165, 1.54) is 11.6 Å². The third kappa shape index (κ3) is 3.02. The second-order valence-corrected chi connectivity index (χ2v) is 5.87. The first-order chi connectivity index (χ1) is 8.89. The molecule has 0 aromatic heterocycles. The molecule has 0 aliphatic rings. The highest BCUT2D eigenvalue weighted by Crippen LogP contribution is 2.26. The molecule has 2 heteroatoms. The van der Waals surface area contributed by atoms with E-state index in [4.69, 9.17) is 5.73 Å². The Morgan fingerprint density at radius 2 is 1.53 bits per heavy atom. The van der Waals surface area contributed by atoms with Crippen LogP contribution in [0.5, 0.6) is 0 Å². The van der Waals surface area contributed by atoms with Crippen LogP contribution in [-0.4, -0.2) is 0 Å². The molecule has 0 aliphatic heterocycles. The smallest absolute Gasteiger partial charge is 0.128 e. The first-order valence-electron chi connectivity index (χ1n) is 6.50. The maximum absolute atomic E-state index is 13.7. The van der Waals surface area contributed by atoms with E-state index in [2.05, 4.69) is 32.9 Å². The number of nitrogens with two attached hydrogens (primary N) is 1. The molecule has 0 fully saturated rings. The summed E-state index contributed by atoms with van der Waals surface area (Å²) in [6.45, 7) is 6.50. The summed E-state index contributed by atoms with van der Waals surface area (Å²) in [5.41, 5.74) is 8.96. The Bertz CT molecular complexity index is 552. The van der Waals surface area contributed by atoms with Gasteiger partial charge in [-0.15, -0.1) is 0 Å². The Kier molecular flexibility index (Phi) is 3.72. The van der Waals surface area contributed by atoms with Crippen molar-refractivity contribution in [1.82, 2.24) is 0 Å². The Balaban J connectivity index is 2.31. The summed E-state index contributed by atoms with van der Waals surface area (Å²) in [5, 5.41) is 0. The quantitative estimate of drug-likeness (QED) is 0.858. The van der Waals surface area contributed by atoms with Crippen molar-refractivity contribution in [2.24, 2.45) is 5.73 Å². The zero-order valence-electron chi connectivity index (χ0n) is 11.7. The lowest BCUT2D eigenvalue weighted by atomic mass is 9.86. The number of hydrogen-bond acceptors (Lipinski definition) is 1. The molecule has 1 nitrogen and oxygen atoms in total. The van der Waals surface area contributed by atoms with Crippen LogP contribution < -0.4 is 5.73 Å². The molecule has 0 saturated heterocycles. The van der Waals surface area contributed by atoms with Gasteiger partial charge >= 0.3 is 0 Å². The highest BCUT2D eigenvalue weighted by atomic mass is 19.1. The van der Waals surface area contributed by atoms with Crippen molar-refractivity contribution in [1.29, 1.82) is 0 Å². The van der Waals surface area contributed by atoms with Crippen molar-refractivity contribution in [2.75, 3.05) is 0 Å². The molecule has 0 heterocycles. The van der Waals surface area contributed by atoms with E-state index in [0.717, 1.165) is 5.56 Å². The molecule has 0 amide bonds. The molecule has 0 bridgehead atoms. The maximum Gasteiger partial charge on any atom is 0.128 e. The minimum Gasteiger partial charge on any atom is -0.320 e. The molecule has 2 N–H and O–H groups in total. The van der Waals surface area contributed by atoms with Crippen LogP contribution in [-0.2, 0) is 5.41 Å². The van der Waals surface area contributed by atoms with Crippen molar-refractivity contribution < 1.29 is 4.39 Å². The Morgan fingerprint density at radius 1 is 0.947 bits per heavy atom. The van der Waals surface area contributed by atoms with Gasteiger partial charge in [0.2, 0.25) is 0 Å². The first-order valence-corrected chi connectivity index (χ1v) is 6.50. The van der Waals surface area contributed by atoms with Crippen molar-refractivity contribution in [3.8, 4) is 0 Å². The summed E-state index contributed by atoms with van der Waals surface area (Å²) in [7, 11) is 0. The number of rotatable bonds is 2. The van der Waals surface area contributed by atoms with Crippen molar-refractivity contribution in [2.45, 2.75) is 32.2 Å². The fraction of sp³-hybridized carbons (Fsp3) is 0.294. The van der Waals surface area contributed by atoms with Gasteiger partial charge in [0.25, 0.3) is 0 Å². The maximum atomic E-state index is 13.7. The minimum atomic E-state index is -0.421. The van der Waals surface area contributed by atoms with Crippen LogP contribution >= 0.6 is 0 Å². The van der Waals surface area contributed by atoms with Gasteiger partial charge in [-0.05, 0) is 22.6 Å². The first kappa shape index (κ1) is 13.8. The fourth-order valence-electron chi connectivity index (χ4n) is 2.10. The summed E-state index contributed by atoms with van der Waals surface area (Å²) in [4.78, 5) is 0. The second-order valence-electron chi connectivity index (χ2n) is 5.87. The normalized spacial score (nSPS) is 13.3. The SMILES string of the molecule is CC(C)(C)c1ccc(C(N)c2ccccc2F)cc1. The second kappa shape index (κ2) is 5.14. The summed E-state index contributed by atoms with van der Waals surface area (Å²) in [6.07, 6.45) is 0. The van der Waals surface area contributed by atoms with Gasteiger partial charge in [0.15, 0.2) is 0 Å². The summed E-state index contributed by atoms with van der Waals surface area (Å²) in [6, 6.07) is 14.3. The lowest BCUT2D eigenvalue weighted by Crippen LogP contribution is -2.15. The molecule has 0 radical (unpaired) electrons. The molecule has 2 rings (SSSR count). The molecule has 0 spiro atoms. The standard InChI is InChI=1S/C17H20FN/c1-17(2,3)13-10-8-12(9-11-13)16(19)14-6-4-5-7-15(14)18/h4-11,16H,19H2,1-3H3. The molecule has 100 valence electrons. The topological polar surface area (TPSA) is 26.0 Å². The third-order valence-corrected chi connectivity index (χ3v) is 3.38. The van der Waals surface area contributed by atoms with Crippen LogP contribution in [0.25, 0.3) is 0 Å². The zero-order valence-corrected chi connectivity index (χ0v) is 11.7. The molecule has 1 atom stereocenters. The van der Waals surface area contributed by atoms with Crippen molar-refractivity contribution in [3.63, 3.8) is 0 Å². The highest BCUT2D eigenvalue weighted by molar-refractivity contribution is 5.35. The molecule has 0 saturated carbocycles. The van der Waals surface area contributed by atoms with E-state index in [9.17, 15) is 4.39 Å². The van der Waals surface area contributed by atoms with E-state index in [1.807, 2.05) is 18.2 Å². The predicted octanol–water partition coefficient (Wildman–Crippen LogP) is 4.17. The number of benzene rings is 2. The average Bonchev–Trinajstić information content (AvgIpc) is 2.38. The van der Waals surface area contributed by atoms with Crippen LogP contribution in [0.2, 0.25) is 0 Å². The number of halogens is 1. The zero-order chi connectivity index (χ0) is 14.0. The van der Waals surface area contributed by atoms with E-state index < -0.39 is 6.04 Å². The molecule has 2 aromatic rings. The minimum absolute atomic E-state index is 0.112. The predicted molar refractivity (Wildman–Crippen MR) is 77.6 cm³/mol. The van der Waals surface area contributed by atoms with Gasteiger partial charge in [0.1, 0.15) is 5.82 Å². The lowest BCUT2D eigenvalue weighted by Gasteiger charge is -2.20. The molecule has 1 unspecified atom stereocenters. The molecular weight excluding hydrogens is 237 g/mol. The molecule has 2 aromatic carbocycles. The van der Waals surface area contributed by atoms with Crippen LogP contribution in [0.1, 0.15) is 43.5 Å². The monoisotopic (exact) mass is 257 g/mol. The molecule has 19 heavy (non-hydrogen) atoms. The largest absolute Gasteiger partial charge is 0.320 e. The van der Waals surface area contributed by atoms with Gasteiger partial charge in [0, 0.05) is 5.56 Å². The van der Waals surface area contributed by atoms with Gasteiger partial charge < -0.3 is 5.73 Å².